The Morgan fingerprint density at radius 3 is 1.45 bits per heavy atom. The molecular formula is C33H63N15O5+4. The Labute approximate surface area is 310 Å². The molecular weight excluding hydrogens is 686 g/mol. The van der Waals surface area contributed by atoms with Crippen molar-refractivity contribution in [3.63, 3.8) is 0 Å². The fourth-order valence-electron chi connectivity index (χ4n) is 5.21. The van der Waals surface area contributed by atoms with Crippen LogP contribution in [0.2, 0.25) is 0 Å². The summed E-state index contributed by atoms with van der Waals surface area (Å²) in [7, 11) is 0. The third-order valence-electron chi connectivity index (χ3n) is 8.04. The molecule has 4 amide bonds. The van der Waals surface area contributed by atoms with Gasteiger partial charge in [-0.2, -0.15) is 0 Å². The van der Waals surface area contributed by atoms with Gasteiger partial charge in [0.15, 0.2) is 0 Å². The zero-order valence-electron chi connectivity index (χ0n) is 30.5. The number of aldehydes is 1. The minimum atomic E-state index is -1.14. The lowest BCUT2D eigenvalue weighted by Crippen LogP contribution is -2.78. The number of benzene rings is 1. The first-order chi connectivity index (χ1) is 25.3. The predicted octanol–water partition coefficient (Wildman–Crippen LogP) is -10.5. The van der Waals surface area contributed by atoms with Crippen molar-refractivity contribution >= 4 is 47.8 Å². The van der Waals surface area contributed by atoms with E-state index in [9.17, 15) is 24.0 Å². The van der Waals surface area contributed by atoms with Gasteiger partial charge in [-0.25, -0.2) is 0 Å². The summed E-state index contributed by atoms with van der Waals surface area (Å²) < 4.78 is 0. The highest BCUT2D eigenvalue weighted by Crippen LogP contribution is 2.08. The molecule has 0 aliphatic carbocycles. The van der Waals surface area contributed by atoms with Crippen LogP contribution in [0.1, 0.15) is 63.4 Å². The molecule has 0 fully saturated rings. The smallest absolute Gasteiger partial charge is 0.338 e. The normalized spacial score (nSPS) is 13.5. The third kappa shape index (κ3) is 20.8. The minimum Gasteiger partial charge on any atom is -0.358 e. The van der Waals surface area contributed by atoms with E-state index in [0.717, 1.165) is 5.56 Å². The summed E-state index contributed by atoms with van der Waals surface area (Å²) >= 11 is 0. The van der Waals surface area contributed by atoms with Gasteiger partial charge in [-0.3, -0.25) is 68.6 Å². The number of carbonyl (C=O) groups is 5. The number of quaternary nitrogens is 1. The van der Waals surface area contributed by atoms with Gasteiger partial charge in [0.25, 0.3) is 0 Å². The Bertz CT molecular complexity index is 1360. The van der Waals surface area contributed by atoms with Crippen LogP contribution in [0.5, 0.6) is 0 Å². The second kappa shape index (κ2) is 26.3. The molecule has 0 unspecified atom stereocenters. The molecule has 0 aromatic heterocycles. The van der Waals surface area contributed by atoms with Gasteiger partial charge in [-0.15, -0.1) is 0 Å². The van der Waals surface area contributed by atoms with Gasteiger partial charge >= 0.3 is 17.9 Å². The first kappa shape index (κ1) is 45.5. The standard InChI is InChI=1S/C33H59N15O5/c34-15-5-4-12-24(46-27(50)23(35)19-21-9-2-1-3-10-21)29(52)48-26(14-8-18-44-33(40)41)30(53)47-25(13-7-17-43-32(38)39)28(51)45-22(20-49)11-6-16-42-31(36)37/h1-3,9-10,20,22-26H,4-8,11-19,34-35H2,(H,45,51)(H,46,50)(H,47,53)(H,48,52)(H4,36,37,42)(H4,38,39,43)(H4,40,41,44)/p+4/t22-,23-,24-,25-,26-/m0/s1. The van der Waals surface area contributed by atoms with Crippen LogP contribution in [0.3, 0.4) is 0 Å². The van der Waals surface area contributed by atoms with Crippen molar-refractivity contribution in [2.75, 3.05) is 26.2 Å². The molecule has 0 saturated carbocycles. The maximum atomic E-state index is 13.8. The predicted molar refractivity (Wildman–Crippen MR) is 199 cm³/mol. The molecule has 296 valence electrons. The number of unbranched alkanes of at least 4 members (excludes halogenated alkanes) is 1. The molecule has 0 aliphatic rings. The van der Waals surface area contributed by atoms with Crippen molar-refractivity contribution in [1.82, 2.24) is 21.3 Å². The number of rotatable bonds is 27. The van der Waals surface area contributed by atoms with Crippen LogP contribution in [0.4, 0.5) is 0 Å². The molecule has 0 spiro atoms. The average Bonchev–Trinajstić information content (AvgIpc) is 3.11. The molecule has 24 N–H and O–H groups in total. The van der Waals surface area contributed by atoms with Gasteiger partial charge < -0.3 is 37.5 Å². The first-order valence-corrected chi connectivity index (χ1v) is 17.9. The largest absolute Gasteiger partial charge is 0.358 e. The molecule has 0 heterocycles. The number of nitrogens with two attached hydrogens (primary N) is 7. The van der Waals surface area contributed by atoms with Crippen LogP contribution in [0, 0.1) is 0 Å². The zero-order chi connectivity index (χ0) is 39.6. The van der Waals surface area contributed by atoms with Gasteiger partial charge in [-0.05, 0) is 69.8 Å². The lowest BCUT2D eigenvalue weighted by atomic mass is 10.0. The Kier molecular flexibility index (Phi) is 22.6. The molecule has 0 saturated heterocycles. The van der Waals surface area contributed by atoms with Crippen molar-refractivity contribution in [2.24, 2.45) is 40.1 Å². The number of hydrogen-bond donors (Lipinski definition) is 15. The van der Waals surface area contributed by atoms with E-state index >= 15 is 0 Å². The van der Waals surface area contributed by atoms with E-state index in [-0.39, 0.29) is 56.5 Å². The van der Waals surface area contributed by atoms with E-state index < -0.39 is 53.8 Å². The second-order valence-corrected chi connectivity index (χ2v) is 12.7. The average molecular weight is 750 g/mol. The van der Waals surface area contributed by atoms with Gasteiger partial charge in [0.1, 0.15) is 24.4 Å². The van der Waals surface area contributed by atoms with Crippen molar-refractivity contribution in [2.45, 2.75) is 94.4 Å². The Morgan fingerprint density at radius 2 is 1.02 bits per heavy atom. The number of amides is 4. The minimum absolute atomic E-state index is 0.00959. The van der Waals surface area contributed by atoms with Gasteiger partial charge in [0.05, 0.1) is 38.3 Å². The molecule has 1 rings (SSSR count). The molecule has 1 aromatic carbocycles. The molecule has 20 heteroatoms. The van der Waals surface area contributed by atoms with Crippen molar-refractivity contribution in [3.05, 3.63) is 35.9 Å². The van der Waals surface area contributed by atoms with Crippen LogP contribution in [0.15, 0.2) is 30.3 Å². The van der Waals surface area contributed by atoms with Crippen LogP contribution < -0.4 is 82.1 Å². The Balaban J connectivity index is 3.23. The zero-order valence-corrected chi connectivity index (χ0v) is 30.5. The number of carbonyl (C=O) groups excluding carboxylic acids is 5. The molecule has 20 nitrogen and oxygen atoms in total. The van der Waals surface area contributed by atoms with Crippen molar-refractivity contribution in [3.8, 4) is 0 Å². The highest BCUT2D eigenvalue weighted by molar-refractivity contribution is 5.95. The van der Waals surface area contributed by atoms with E-state index in [4.69, 9.17) is 40.1 Å². The fraction of sp³-hybridized carbons (Fsp3) is 0.576. The monoisotopic (exact) mass is 750 g/mol. The molecule has 53 heavy (non-hydrogen) atoms. The maximum absolute atomic E-state index is 13.8. The highest BCUT2D eigenvalue weighted by Gasteiger charge is 2.31. The summed E-state index contributed by atoms with van der Waals surface area (Å²) in [6.45, 7) is 1.60. The van der Waals surface area contributed by atoms with E-state index in [2.05, 4.69) is 42.0 Å². The summed E-state index contributed by atoms with van der Waals surface area (Å²) in [6, 6.07) is 4.22. The number of hydrogen-bond acceptors (Lipinski definition) is 6. The SMILES string of the molecule is NC(N)=[NH+]CCC[C@@H](C=O)NC(=O)[C@H](CCC[NH+]=C(N)N)NC(=O)[C@H](CCC[NH+]=C(N)N)NC(=O)[C@H](CCCC[NH3+])NC(=O)[C@@H](N)Cc1ccccc1. The van der Waals surface area contributed by atoms with Crippen LogP contribution >= 0.6 is 0 Å². The van der Waals surface area contributed by atoms with Crippen molar-refractivity contribution < 1.29 is 44.7 Å². The Hall–Kier alpha value is -5.50. The van der Waals surface area contributed by atoms with Crippen LogP contribution in [-0.2, 0) is 30.4 Å². The van der Waals surface area contributed by atoms with Gasteiger partial charge in [0.2, 0.25) is 23.6 Å². The molecule has 1 aromatic rings. The van der Waals surface area contributed by atoms with E-state index in [1.165, 1.54) is 0 Å². The van der Waals surface area contributed by atoms with E-state index in [0.29, 0.717) is 58.0 Å². The fourth-order valence-corrected chi connectivity index (χ4v) is 5.21. The third-order valence-corrected chi connectivity index (χ3v) is 8.04. The molecule has 0 aliphatic heterocycles. The molecule has 0 radical (unpaired) electrons. The van der Waals surface area contributed by atoms with E-state index in [1.54, 1.807) is 0 Å². The number of nitrogens with one attached hydrogen (secondary N) is 7. The van der Waals surface area contributed by atoms with Gasteiger partial charge in [-0.1, -0.05) is 30.3 Å². The topological polar surface area (TPSA) is 385 Å². The molecule has 5 atom stereocenters. The lowest BCUT2D eigenvalue weighted by Gasteiger charge is -2.26. The summed E-state index contributed by atoms with van der Waals surface area (Å²) in [5.41, 5.74) is 43.7. The second-order valence-electron chi connectivity index (χ2n) is 12.7. The summed E-state index contributed by atoms with van der Waals surface area (Å²) in [4.78, 5) is 74.3. The molecule has 0 bridgehead atoms. The van der Waals surface area contributed by atoms with Crippen molar-refractivity contribution in [1.29, 1.82) is 0 Å². The van der Waals surface area contributed by atoms with E-state index in [1.807, 2.05) is 30.3 Å². The first-order valence-electron chi connectivity index (χ1n) is 17.9. The van der Waals surface area contributed by atoms with Crippen LogP contribution in [-0.4, -0.2) is 104 Å². The summed E-state index contributed by atoms with van der Waals surface area (Å²) in [6.07, 6.45) is 4.11. The van der Waals surface area contributed by atoms with Crippen LogP contribution in [0.25, 0.3) is 0 Å². The quantitative estimate of drug-likeness (QED) is 0.0173. The number of guanidine groups is 3. The summed E-state index contributed by atoms with van der Waals surface area (Å²) in [5, 5.41) is 10.9. The highest BCUT2D eigenvalue weighted by atomic mass is 16.2. The Morgan fingerprint density at radius 1 is 0.604 bits per heavy atom. The van der Waals surface area contributed by atoms with Gasteiger partial charge in [0, 0.05) is 0 Å². The summed E-state index contributed by atoms with van der Waals surface area (Å²) in [5.74, 6) is -2.38. The maximum Gasteiger partial charge on any atom is 0.338 e. The lowest BCUT2D eigenvalue weighted by molar-refractivity contribution is -0.460.